The molecule has 4 rings (SSSR count). The lowest BCUT2D eigenvalue weighted by Crippen LogP contribution is -2.43. The summed E-state index contributed by atoms with van der Waals surface area (Å²) in [5, 5.41) is 14.8. The van der Waals surface area contributed by atoms with E-state index in [1.165, 1.54) is 0 Å². The fourth-order valence-corrected chi connectivity index (χ4v) is 5.51. The van der Waals surface area contributed by atoms with Gasteiger partial charge < -0.3 is 15.3 Å². The fraction of sp³-hybridized carbons (Fsp3) is 0.296. The Labute approximate surface area is 215 Å². The Kier molecular flexibility index (Phi) is 7.61. The van der Waals surface area contributed by atoms with Crippen LogP contribution in [0.4, 0.5) is 5.69 Å². The highest BCUT2D eigenvalue weighted by atomic mass is 35.5. The summed E-state index contributed by atoms with van der Waals surface area (Å²) in [7, 11) is 0. The second kappa shape index (κ2) is 10.5. The van der Waals surface area contributed by atoms with E-state index in [9.17, 15) is 9.90 Å². The van der Waals surface area contributed by atoms with Gasteiger partial charge >= 0.3 is 0 Å². The van der Waals surface area contributed by atoms with Gasteiger partial charge in [0.2, 0.25) is 0 Å². The third-order valence-corrected chi connectivity index (χ3v) is 7.27. The van der Waals surface area contributed by atoms with Crippen LogP contribution in [0, 0.1) is 19.8 Å². The van der Waals surface area contributed by atoms with Gasteiger partial charge in [-0.05, 0) is 97.8 Å². The zero-order valence-corrected chi connectivity index (χ0v) is 21.4. The molecule has 1 heterocycles. The van der Waals surface area contributed by atoms with Crippen molar-refractivity contribution in [1.82, 2.24) is 5.32 Å². The number of benzene rings is 3. The molecule has 0 spiro atoms. The van der Waals surface area contributed by atoms with Crippen LogP contribution in [-0.2, 0) is 0 Å². The number of phenols is 1. The van der Waals surface area contributed by atoms with E-state index in [4.69, 9.17) is 34.8 Å². The Hall–Kier alpha value is -2.40. The Balaban J connectivity index is 1.53. The smallest absolute Gasteiger partial charge is 0.251 e. The minimum atomic E-state index is -0.115. The Morgan fingerprint density at radius 3 is 2.26 bits per heavy atom. The molecule has 1 aliphatic heterocycles. The van der Waals surface area contributed by atoms with Crippen molar-refractivity contribution in [2.45, 2.75) is 32.7 Å². The molecule has 178 valence electrons. The molecule has 3 aromatic carbocycles. The maximum absolute atomic E-state index is 12.9. The summed E-state index contributed by atoms with van der Waals surface area (Å²) in [5.41, 5.74) is 4.24. The van der Waals surface area contributed by atoms with Crippen LogP contribution in [0.25, 0.3) is 0 Å². The summed E-state index contributed by atoms with van der Waals surface area (Å²) < 4.78 is 0. The van der Waals surface area contributed by atoms with Crippen LogP contribution >= 0.6 is 34.8 Å². The van der Waals surface area contributed by atoms with Crippen LogP contribution in [0.5, 0.6) is 5.75 Å². The van der Waals surface area contributed by atoms with Gasteiger partial charge in [0.05, 0.1) is 6.04 Å². The van der Waals surface area contributed by atoms with Crippen LogP contribution in [0.2, 0.25) is 15.1 Å². The van der Waals surface area contributed by atoms with Crippen LogP contribution in [0.3, 0.4) is 0 Å². The van der Waals surface area contributed by atoms with Gasteiger partial charge in [0.25, 0.3) is 5.91 Å². The summed E-state index contributed by atoms with van der Waals surface area (Å²) in [4.78, 5) is 15.3. The van der Waals surface area contributed by atoms with E-state index in [2.05, 4.69) is 10.2 Å². The number of aryl methyl sites for hydroxylation is 2. The normalized spacial score (nSPS) is 18.1. The topological polar surface area (TPSA) is 52.6 Å². The number of nitrogens with zero attached hydrogens (tertiary/aromatic N) is 1. The highest BCUT2D eigenvalue weighted by Gasteiger charge is 2.31. The standard InChI is InChI=1S/C27H27Cl3N2O2/c1-16-11-22(33)12-17(2)26(16)27(34)31-14-18-3-10-25(23-9-6-20(29)13-24(23)30)32(15-18)21-7-4-19(28)5-8-21/h4-9,11-13,18,25,33H,3,10,14-15H2,1-2H3,(H,31,34). The van der Waals surface area contributed by atoms with Gasteiger partial charge in [0.15, 0.2) is 0 Å². The molecule has 2 atom stereocenters. The molecule has 0 bridgehead atoms. The van der Waals surface area contributed by atoms with Crippen LogP contribution in [0.15, 0.2) is 54.6 Å². The van der Waals surface area contributed by atoms with Gasteiger partial charge in [0.1, 0.15) is 5.75 Å². The van der Waals surface area contributed by atoms with Crippen LogP contribution < -0.4 is 10.2 Å². The van der Waals surface area contributed by atoms with Crippen molar-refractivity contribution in [3.8, 4) is 5.75 Å². The zero-order valence-electron chi connectivity index (χ0n) is 19.1. The molecule has 0 radical (unpaired) electrons. The summed E-state index contributed by atoms with van der Waals surface area (Å²) in [6.45, 7) is 5.00. The molecule has 0 saturated carbocycles. The predicted molar refractivity (Wildman–Crippen MR) is 141 cm³/mol. The van der Waals surface area contributed by atoms with E-state index < -0.39 is 0 Å². The molecule has 2 unspecified atom stereocenters. The number of carbonyl (C=O) groups excluding carboxylic acids is 1. The SMILES string of the molecule is Cc1cc(O)cc(C)c1C(=O)NCC1CCC(c2ccc(Cl)cc2Cl)N(c2ccc(Cl)cc2)C1. The maximum Gasteiger partial charge on any atom is 0.251 e. The number of halogens is 3. The average molecular weight is 518 g/mol. The molecule has 1 amide bonds. The molecular formula is C27H27Cl3N2O2. The van der Waals surface area contributed by atoms with Gasteiger partial charge in [-0.25, -0.2) is 0 Å². The van der Waals surface area contributed by atoms with Crippen molar-refractivity contribution < 1.29 is 9.90 Å². The quantitative estimate of drug-likeness (QED) is 0.372. The first-order valence-corrected chi connectivity index (χ1v) is 12.4. The lowest BCUT2D eigenvalue weighted by atomic mass is 9.88. The third-order valence-electron chi connectivity index (χ3n) is 6.46. The molecule has 3 aromatic rings. The largest absolute Gasteiger partial charge is 0.508 e. The first kappa shape index (κ1) is 24.7. The zero-order chi connectivity index (χ0) is 24.4. The summed E-state index contributed by atoms with van der Waals surface area (Å²) in [6.07, 6.45) is 1.84. The number of piperidine rings is 1. The number of phenolic OH excluding ortho intramolecular Hbond substituents is 1. The molecule has 0 aliphatic carbocycles. The number of amides is 1. The second-order valence-corrected chi connectivity index (χ2v) is 10.2. The Bertz CT molecular complexity index is 1170. The lowest BCUT2D eigenvalue weighted by Gasteiger charge is -2.42. The minimum Gasteiger partial charge on any atom is -0.508 e. The number of hydrogen-bond acceptors (Lipinski definition) is 3. The minimum absolute atomic E-state index is 0.0967. The number of carbonyl (C=O) groups is 1. The summed E-state index contributed by atoms with van der Waals surface area (Å²) in [6, 6.07) is 16.8. The summed E-state index contributed by atoms with van der Waals surface area (Å²) >= 11 is 18.9. The molecule has 7 heteroatoms. The van der Waals surface area contributed by atoms with Gasteiger partial charge in [-0.3, -0.25) is 4.79 Å². The van der Waals surface area contributed by atoms with E-state index >= 15 is 0 Å². The number of hydrogen-bond donors (Lipinski definition) is 2. The maximum atomic E-state index is 12.9. The van der Waals surface area contributed by atoms with Crippen molar-refractivity contribution in [2.75, 3.05) is 18.0 Å². The first-order chi connectivity index (χ1) is 16.2. The number of aromatic hydroxyl groups is 1. The molecule has 1 fully saturated rings. The van der Waals surface area contributed by atoms with Crippen molar-refractivity contribution in [3.05, 3.63) is 91.9 Å². The summed E-state index contributed by atoms with van der Waals surface area (Å²) in [5.74, 6) is 0.319. The van der Waals surface area contributed by atoms with E-state index in [0.717, 1.165) is 41.8 Å². The fourth-order valence-electron chi connectivity index (χ4n) is 4.85. The van der Waals surface area contributed by atoms with Gasteiger partial charge in [-0.15, -0.1) is 0 Å². The Morgan fingerprint density at radius 1 is 0.971 bits per heavy atom. The lowest BCUT2D eigenvalue weighted by molar-refractivity contribution is 0.0943. The van der Waals surface area contributed by atoms with Crippen molar-refractivity contribution in [1.29, 1.82) is 0 Å². The second-order valence-electron chi connectivity index (χ2n) is 8.92. The number of rotatable bonds is 5. The van der Waals surface area contributed by atoms with E-state index in [-0.39, 0.29) is 23.6 Å². The van der Waals surface area contributed by atoms with Crippen molar-refractivity contribution >= 4 is 46.4 Å². The monoisotopic (exact) mass is 516 g/mol. The molecule has 34 heavy (non-hydrogen) atoms. The molecule has 2 N–H and O–H groups in total. The van der Waals surface area contributed by atoms with Crippen LogP contribution in [0.1, 0.15) is 45.9 Å². The van der Waals surface area contributed by atoms with E-state index in [0.29, 0.717) is 27.2 Å². The third kappa shape index (κ3) is 5.46. The van der Waals surface area contributed by atoms with Crippen molar-refractivity contribution in [2.24, 2.45) is 5.92 Å². The molecule has 1 saturated heterocycles. The van der Waals surface area contributed by atoms with Gasteiger partial charge in [-0.2, -0.15) is 0 Å². The average Bonchev–Trinajstić information content (AvgIpc) is 2.78. The van der Waals surface area contributed by atoms with Crippen LogP contribution in [-0.4, -0.2) is 24.1 Å². The van der Waals surface area contributed by atoms with E-state index in [1.54, 1.807) is 18.2 Å². The predicted octanol–water partition coefficient (Wildman–Crippen LogP) is 7.36. The first-order valence-electron chi connectivity index (χ1n) is 11.3. The van der Waals surface area contributed by atoms with Crippen molar-refractivity contribution in [3.63, 3.8) is 0 Å². The van der Waals surface area contributed by atoms with E-state index in [1.807, 2.05) is 50.2 Å². The highest BCUT2D eigenvalue weighted by Crippen LogP contribution is 2.40. The molecule has 1 aliphatic rings. The number of anilines is 1. The van der Waals surface area contributed by atoms with Gasteiger partial charge in [0, 0.05) is 39.4 Å². The molecule has 4 nitrogen and oxygen atoms in total. The van der Waals surface area contributed by atoms with Gasteiger partial charge in [-0.1, -0.05) is 40.9 Å². The highest BCUT2D eigenvalue weighted by molar-refractivity contribution is 6.35. The number of nitrogens with one attached hydrogen (secondary N) is 1. The molecule has 0 aromatic heterocycles. The Morgan fingerprint density at radius 2 is 1.62 bits per heavy atom. The molecular weight excluding hydrogens is 491 g/mol.